The predicted octanol–water partition coefficient (Wildman–Crippen LogP) is 3.26. The van der Waals surface area contributed by atoms with Gasteiger partial charge in [-0.15, -0.1) is 5.10 Å². The number of halogens is 5. The van der Waals surface area contributed by atoms with E-state index < -0.39 is 24.6 Å². The molecule has 0 atom stereocenters. The summed E-state index contributed by atoms with van der Waals surface area (Å²) in [7, 11) is 0. The highest BCUT2D eigenvalue weighted by molar-refractivity contribution is 6.29. The Morgan fingerprint density at radius 2 is 2.05 bits per heavy atom. The fourth-order valence-electron chi connectivity index (χ4n) is 1.31. The number of rotatable bonds is 4. The van der Waals surface area contributed by atoms with Gasteiger partial charge in [0.15, 0.2) is 5.82 Å². The van der Waals surface area contributed by atoms with Crippen molar-refractivity contribution in [3.8, 4) is 11.7 Å². The zero-order chi connectivity index (χ0) is 14.0. The van der Waals surface area contributed by atoms with Crippen LogP contribution in [0.4, 0.5) is 17.6 Å². The number of pyridine rings is 1. The molecule has 0 N–H and O–H groups in total. The van der Waals surface area contributed by atoms with E-state index in [-0.39, 0.29) is 11.0 Å². The monoisotopic (exact) mass is 294 g/mol. The minimum atomic E-state index is -3.16. The predicted molar refractivity (Wildman–Crippen MR) is 56.8 cm³/mol. The molecule has 0 amide bonds. The molecule has 0 fully saturated rings. The summed E-state index contributed by atoms with van der Waals surface area (Å²) < 4.78 is 54.2. The number of hydrogen-bond acceptors (Lipinski definition) is 3. The average Bonchev–Trinajstić information content (AvgIpc) is 2.72. The highest BCUT2D eigenvalue weighted by atomic mass is 35.5. The van der Waals surface area contributed by atoms with E-state index in [1.54, 1.807) is 0 Å². The smallest absolute Gasteiger partial charge is 0.388 e. The third kappa shape index (κ3) is 3.14. The van der Waals surface area contributed by atoms with E-state index in [0.29, 0.717) is 10.7 Å². The molecule has 0 saturated carbocycles. The normalized spacial score (nSPS) is 11.3. The van der Waals surface area contributed by atoms with Crippen LogP contribution in [0.25, 0.3) is 5.82 Å². The van der Waals surface area contributed by atoms with Gasteiger partial charge in [0.1, 0.15) is 10.8 Å². The van der Waals surface area contributed by atoms with Gasteiger partial charge in [-0.2, -0.15) is 8.78 Å². The Labute approximate surface area is 109 Å². The van der Waals surface area contributed by atoms with Crippen molar-refractivity contribution >= 4 is 11.6 Å². The highest BCUT2D eigenvalue weighted by Gasteiger charge is 2.21. The molecule has 0 bridgehead atoms. The molecule has 2 rings (SSSR count). The van der Waals surface area contributed by atoms with Crippen molar-refractivity contribution in [1.29, 1.82) is 0 Å². The quantitative estimate of drug-likeness (QED) is 0.642. The molecule has 0 aliphatic heterocycles. The first-order chi connectivity index (χ1) is 8.97. The molecule has 101 valence electrons. The first-order valence-electron chi connectivity index (χ1n) is 4.85. The van der Waals surface area contributed by atoms with E-state index in [1.807, 2.05) is 0 Å². The summed E-state index contributed by atoms with van der Waals surface area (Å²) in [5, 5.41) is 3.49. The first kappa shape index (κ1) is 13.6. The summed E-state index contributed by atoms with van der Waals surface area (Å²) in [5.74, 6) is -0.785. The van der Waals surface area contributed by atoms with Crippen LogP contribution in [0.15, 0.2) is 18.2 Å². The van der Waals surface area contributed by atoms with Gasteiger partial charge in [-0.1, -0.05) is 11.6 Å². The van der Waals surface area contributed by atoms with Gasteiger partial charge in [-0.25, -0.2) is 18.4 Å². The highest BCUT2D eigenvalue weighted by Crippen LogP contribution is 2.26. The van der Waals surface area contributed by atoms with Gasteiger partial charge in [-0.05, 0) is 12.1 Å². The Kier molecular flexibility index (Phi) is 3.89. The van der Waals surface area contributed by atoms with Crippen LogP contribution in [0.3, 0.4) is 0 Å². The SMILES string of the molecule is FC(F)Oc1cc(C(F)F)n(-c2[c]ccc(Cl)n2)n1. The Bertz CT molecular complexity index is 576. The van der Waals surface area contributed by atoms with Crippen molar-refractivity contribution in [1.82, 2.24) is 14.8 Å². The van der Waals surface area contributed by atoms with Gasteiger partial charge in [0.25, 0.3) is 6.43 Å². The summed E-state index contributed by atoms with van der Waals surface area (Å²) in [5.41, 5.74) is -0.651. The molecule has 0 saturated heterocycles. The third-order valence-corrected chi connectivity index (χ3v) is 2.21. The Balaban J connectivity index is 2.46. The molecule has 0 aromatic carbocycles. The third-order valence-electron chi connectivity index (χ3n) is 1.99. The molecule has 2 aromatic heterocycles. The molecular weight excluding hydrogens is 290 g/mol. The van der Waals surface area contributed by atoms with Crippen LogP contribution in [0.1, 0.15) is 12.1 Å². The lowest BCUT2D eigenvalue weighted by Crippen LogP contribution is -2.06. The molecule has 0 spiro atoms. The summed E-state index contributed by atoms with van der Waals surface area (Å²) in [6, 6.07) is 5.94. The second-order valence-electron chi connectivity index (χ2n) is 3.23. The summed E-state index contributed by atoms with van der Waals surface area (Å²) >= 11 is 5.61. The van der Waals surface area contributed by atoms with Gasteiger partial charge < -0.3 is 4.74 Å². The van der Waals surface area contributed by atoms with E-state index >= 15 is 0 Å². The van der Waals surface area contributed by atoms with Gasteiger partial charge >= 0.3 is 6.61 Å². The second kappa shape index (κ2) is 5.43. The van der Waals surface area contributed by atoms with Crippen molar-refractivity contribution in [3.05, 3.63) is 35.1 Å². The van der Waals surface area contributed by atoms with Crippen LogP contribution in [0, 0.1) is 6.07 Å². The van der Waals surface area contributed by atoms with Gasteiger partial charge in [-0.3, -0.25) is 0 Å². The summed E-state index contributed by atoms with van der Waals surface area (Å²) in [6.07, 6.45) is -2.95. The molecular formula is C10H5ClF4N3O. The number of aromatic nitrogens is 3. The van der Waals surface area contributed by atoms with Crippen LogP contribution in [0.2, 0.25) is 5.15 Å². The number of alkyl halides is 4. The Morgan fingerprint density at radius 1 is 1.32 bits per heavy atom. The maximum absolute atomic E-state index is 12.8. The van der Waals surface area contributed by atoms with Crippen molar-refractivity contribution in [2.75, 3.05) is 0 Å². The summed E-state index contributed by atoms with van der Waals surface area (Å²) in [4.78, 5) is 3.71. The molecule has 2 heterocycles. The molecule has 0 aliphatic carbocycles. The molecule has 0 aliphatic rings. The lowest BCUT2D eigenvalue weighted by atomic mass is 10.4. The lowest BCUT2D eigenvalue weighted by Gasteiger charge is -2.04. The second-order valence-corrected chi connectivity index (χ2v) is 3.62. The topological polar surface area (TPSA) is 39.9 Å². The van der Waals surface area contributed by atoms with Crippen LogP contribution < -0.4 is 4.74 Å². The number of nitrogens with zero attached hydrogens (tertiary/aromatic N) is 3. The Morgan fingerprint density at radius 3 is 2.63 bits per heavy atom. The van der Waals surface area contributed by atoms with Crippen LogP contribution >= 0.6 is 11.6 Å². The van der Waals surface area contributed by atoms with Crippen molar-refractivity contribution in [2.24, 2.45) is 0 Å². The van der Waals surface area contributed by atoms with Gasteiger partial charge in [0, 0.05) is 12.1 Å². The molecule has 1 radical (unpaired) electrons. The summed E-state index contributed by atoms with van der Waals surface area (Å²) in [6.45, 7) is -3.16. The van der Waals surface area contributed by atoms with Crippen molar-refractivity contribution < 1.29 is 22.3 Å². The van der Waals surface area contributed by atoms with Gasteiger partial charge in [0.2, 0.25) is 5.88 Å². The largest absolute Gasteiger partial charge is 0.415 e. The van der Waals surface area contributed by atoms with E-state index in [9.17, 15) is 17.6 Å². The molecule has 0 unspecified atom stereocenters. The molecule has 19 heavy (non-hydrogen) atoms. The van der Waals surface area contributed by atoms with E-state index in [2.05, 4.69) is 20.9 Å². The van der Waals surface area contributed by atoms with E-state index in [4.69, 9.17) is 11.6 Å². The number of hydrogen-bond donors (Lipinski definition) is 0. The molecule has 2 aromatic rings. The number of ether oxygens (including phenoxy) is 1. The van der Waals surface area contributed by atoms with E-state index in [0.717, 1.165) is 0 Å². The standard InChI is InChI=1S/C10H5ClF4N3O/c11-6-2-1-3-7(16-6)18-5(9(12)13)4-8(17-18)19-10(14)15/h1-2,4,9-10H. The zero-order valence-corrected chi connectivity index (χ0v) is 9.78. The first-order valence-corrected chi connectivity index (χ1v) is 5.22. The Hall–Kier alpha value is -1.83. The minimum absolute atomic E-state index is 0.0285. The maximum atomic E-state index is 12.8. The van der Waals surface area contributed by atoms with E-state index in [1.165, 1.54) is 12.1 Å². The molecule has 9 heteroatoms. The fraction of sp³-hybridized carbons (Fsp3) is 0.200. The maximum Gasteiger partial charge on any atom is 0.388 e. The van der Waals surface area contributed by atoms with Crippen molar-refractivity contribution in [3.63, 3.8) is 0 Å². The molecule has 4 nitrogen and oxygen atoms in total. The lowest BCUT2D eigenvalue weighted by molar-refractivity contribution is -0.0530. The van der Waals surface area contributed by atoms with Crippen LogP contribution in [-0.4, -0.2) is 21.4 Å². The van der Waals surface area contributed by atoms with Crippen LogP contribution in [-0.2, 0) is 0 Å². The zero-order valence-electron chi connectivity index (χ0n) is 9.03. The van der Waals surface area contributed by atoms with Gasteiger partial charge in [0.05, 0.1) is 0 Å². The van der Waals surface area contributed by atoms with Crippen molar-refractivity contribution in [2.45, 2.75) is 13.0 Å². The minimum Gasteiger partial charge on any atom is -0.415 e. The fourth-order valence-corrected chi connectivity index (χ4v) is 1.45. The average molecular weight is 295 g/mol. The van der Waals surface area contributed by atoms with Crippen LogP contribution in [0.5, 0.6) is 5.88 Å².